The SMILES string of the molecule is CNC1CCNc2c(O)cccc21. The Morgan fingerprint density at radius 2 is 2.38 bits per heavy atom. The van der Waals surface area contributed by atoms with Gasteiger partial charge in [0, 0.05) is 12.6 Å². The zero-order chi connectivity index (χ0) is 9.26. The summed E-state index contributed by atoms with van der Waals surface area (Å²) < 4.78 is 0. The normalized spacial score (nSPS) is 20.5. The molecular formula is C10H14N2O. The Hall–Kier alpha value is -1.22. The minimum atomic E-state index is 0.345. The number of fused-ring (bicyclic) bond motifs is 1. The molecule has 3 heteroatoms. The highest BCUT2D eigenvalue weighted by molar-refractivity contribution is 5.63. The molecule has 1 atom stereocenters. The molecule has 70 valence electrons. The molecule has 1 aliphatic heterocycles. The lowest BCUT2D eigenvalue weighted by Gasteiger charge is -2.26. The van der Waals surface area contributed by atoms with Crippen LogP contribution in [0, 0.1) is 0 Å². The average molecular weight is 178 g/mol. The molecule has 1 aliphatic rings. The largest absolute Gasteiger partial charge is 0.506 e. The van der Waals surface area contributed by atoms with E-state index in [4.69, 9.17) is 0 Å². The molecule has 0 amide bonds. The predicted octanol–water partition coefficient (Wildman–Crippen LogP) is 1.47. The van der Waals surface area contributed by atoms with Gasteiger partial charge in [0.2, 0.25) is 0 Å². The van der Waals surface area contributed by atoms with Gasteiger partial charge in [0.05, 0.1) is 5.69 Å². The maximum absolute atomic E-state index is 9.58. The first kappa shape index (κ1) is 8.38. The smallest absolute Gasteiger partial charge is 0.139 e. The number of phenolic OH excluding ortho intramolecular Hbond substituents is 1. The highest BCUT2D eigenvalue weighted by Gasteiger charge is 2.19. The standard InChI is InChI=1S/C10H14N2O/c1-11-8-5-6-12-10-7(8)3-2-4-9(10)13/h2-4,8,11-13H,5-6H2,1H3. The van der Waals surface area contributed by atoms with Gasteiger partial charge in [-0.05, 0) is 25.1 Å². The van der Waals surface area contributed by atoms with Crippen molar-refractivity contribution >= 4 is 5.69 Å². The Morgan fingerprint density at radius 3 is 3.15 bits per heavy atom. The van der Waals surface area contributed by atoms with Crippen molar-refractivity contribution < 1.29 is 5.11 Å². The van der Waals surface area contributed by atoms with Crippen LogP contribution in [0.25, 0.3) is 0 Å². The summed E-state index contributed by atoms with van der Waals surface area (Å²) in [6.07, 6.45) is 1.06. The van der Waals surface area contributed by atoms with Crippen molar-refractivity contribution in [2.45, 2.75) is 12.5 Å². The molecule has 0 bridgehead atoms. The fourth-order valence-corrected chi connectivity index (χ4v) is 1.84. The second kappa shape index (κ2) is 3.26. The summed E-state index contributed by atoms with van der Waals surface area (Å²) in [6.45, 7) is 0.913. The minimum absolute atomic E-state index is 0.345. The maximum atomic E-state index is 9.58. The molecule has 2 rings (SSSR count). The van der Waals surface area contributed by atoms with Crippen LogP contribution < -0.4 is 10.6 Å². The van der Waals surface area contributed by atoms with Gasteiger partial charge < -0.3 is 15.7 Å². The van der Waals surface area contributed by atoms with Crippen molar-refractivity contribution in [1.29, 1.82) is 0 Å². The third-order valence-electron chi connectivity index (χ3n) is 2.53. The fraction of sp³-hybridized carbons (Fsp3) is 0.400. The Kier molecular flexibility index (Phi) is 2.10. The number of benzene rings is 1. The van der Waals surface area contributed by atoms with E-state index in [-0.39, 0.29) is 0 Å². The van der Waals surface area contributed by atoms with Crippen molar-refractivity contribution in [1.82, 2.24) is 5.32 Å². The molecule has 1 aromatic carbocycles. The van der Waals surface area contributed by atoms with Gasteiger partial charge in [-0.3, -0.25) is 0 Å². The quantitative estimate of drug-likeness (QED) is 0.570. The van der Waals surface area contributed by atoms with Crippen LogP contribution >= 0.6 is 0 Å². The molecule has 3 nitrogen and oxygen atoms in total. The molecular weight excluding hydrogens is 164 g/mol. The molecule has 13 heavy (non-hydrogen) atoms. The van der Waals surface area contributed by atoms with E-state index in [0.717, 1.165) is 24.2 Å². The van der Waals surface area contributed by atoms with Gasteiger partial charge in [0.25, 0.3) is 0 Å². The summed E-state index contributed by atoms with van der Waals surface area (Å²) in [4.78, 5) is 0. The average Bonchev–Trinajstić information content (AvgIpc) is 2.18. The number of aromatic hydroxyl groups is 1. The molecule has 0 spiro atoms. The number of hydrogen-bond donors (Lipinski definition) is 3. The van der Waals surface area contributed by atoms with Gasteiger partial charge in [-0.25, -0.2) is 0 Å². The first-order chi connectivity index (χ1) is 6.33. The van der Waals surface area contributed by atoms with Crippen LogP contribution in [-0.2, 0) is 0 Å². The Morgan fingerprint density at radius 1 is 1.54 bits per heavy atom. The summed E-state index contributed by atoms with van der Waals surface area (Å²) in [5.41, 5.74) is 2.04. The summed E-state index contributed by atoms with van der Waals surface area (Å²) in [7, 11) is 1.95. The van der Waals surface area contributed by atoms with Crippen LogP contribution in [0.4, 0.5) is 5.69 Å². The highest BCUT2D eigenvalue weighted by Crippen LogP contribution is 2.35. The van der Waals surface area contributed by atoms with Gasteiger partial charge >= 0.3 is 0 Å². The molecule has 0 aromatic heterocycles. The third-order valence-corrected chi connectivity index (χ3v) is 2.53. The lowest BCUT2D eigenvalue weighted by Crippen LogP contribution is -2.25. The van der Waals surface area contributed by atoms with Crippen LogP contribution in [-0.4, -0.2) is 18.7 Å². The van der Waals surface area contributed by atoms with E-state index in [1.165, 1.54) is 0 Å². The van der Waals surface area contributed by atoms with E-state index in [9.17, 15) is 5.11 Å². The highest BCUT2D eigenvalue weighted by atomic mass is 16.3. The minimum Gasteiger partial charge on any atom is -0.506 e. The van der Waals surface area contributed by atoms with Crippen molar-refractivity contribution in [2.75, 3.05) is 18.9 Å². The Balaban J connectivity index is 2.45. The predicted molar refractivity (Wildman–Crippen MR) is 53.0 cm³/mol. The zero-order valence-electron chi connectivity index (χ0n) is 7.67. The molecule has 3 N–H and O–H groups in total. The second-order valence-electron chi connectivity index (χ2n) is 3.30. The lowest BCUT2D eigenvalue weighted by molar-refractivity contribution is 0.469. The van der Waals surface area contributed by atoms with Crippen LogP contribution in [0.5, 0.6) is 5.75 Å². The number of hydrogen-bond acceptors (Lipinski definition) is 3. The first-order valence-electron chi connectivity index (χ1n) is 4.56. The Labute approximate surface area is 77.8 Å². The summed E-state index contributed by atoms with van der Waals surface area (Å²) in [5, 5.41) is 16.0. The van der Waals surface area contributed by atoms with E-state index < -0.39 is 0 Å². The molecule has 0 radical (unpaired) electrons. The topological polar surface area (TPSA) is 44.3 Å². The van der Waals surface area contributed by atoms with Crippen molar-refractivity contribution in [2.24, 2.45) is 0 Å². The van der Waals surface area contributed by atoms with Crippen LogP contribution in [0.2, 0.25) is 0 Å². The summed E-state index contributed by atoms with van der Waals surface area (Å²) >= 11 is 0. The van der Waals surface area contributed by atoms with E-state index in [2.05, 4.69) is 10.6 Å². The molecule has 0 aliphatic carbocycles. The second-order valence-corrected chi connectivity index (χ2v) is 3.30. The van der Waals surface area contributed by atoms with Gasteiger partial charge in [0.1, 0.15) is 5.75 Å². The summed E-state index contributed by atoms with van der Waals surface area (Å²) in [5.74, 6) is 0.345. The third kappa shape index (κ3) is 1.35. The molecule has 0 saturated carbocycles. The number of anilines is 1. The summed E-state index contributed by atoms with van der Waals surface area (Å²) in [6, 6.07) is 6.00. The number of rotatable bonds is 1. The van der Waals surface area contributed by atoms with Gasteiger partial charge in [-0.15, -0.1) is 0 Å². The molecule has 0 saturated heterocycles. The van der Waals surface area contributed by atoms with Crippen molar-refractivity contribution in [3.05, 3.63) is 23.8 Å². The number of para-hydroxylation sites is 1. The van der Waals surface area contributed by atoms with E-state index >= 15 is 0 Å². The zero-order valence-corrected chi connectivity index (χ0v) is 7.67. The maximum Gasteiger partial charge on any atom is 0.139 e. The van der Waals surface area contributed by atoms with Crippen molar-refractivity contribution in [3.63, 3.8) is 0 Å². The molecule has 1 unspecified atom stereocenters. The van der Waals surface area contributed by atoms with Crippen LogP contribution in [0.1, 0.15) is 18.0 Å². The molecule has 1 heterocycles. The van der Waals surface area contributed by atoms with Gasteiger partial charge in [-0.2, -0.15) is 0 Å². The van der Waals surface area contributed by atoms with Crippen LogP contribution in [0.3, 0.4) is 0 Å². The molecule has 0 fully saturated rings. The number of phenols is 1. The molecule has 1 aromatic rings. The van der Waals surface area contributed by atoms with Gasteiger partial charge in [0.15, 0.2) is 0 Å². The Bertz CT molecular complexity index is 312. The van der Waals surface area contributed by atoms with E-state index in [1.54, 1.807) is 6.07 Å². The first-order valence-corrected chi connectivity index (χ1v) is 4.56. The van der Waals surface area contributed by atoms with E-state index in [0.29, 0.717) is 11.8 Å². The van der Waals surface area contributed by atoms with E-state index in [1.807, 2.05) is 19.2 Å². The van der Waals surface area contributed by atoms with Gasteiger partial charge in [-0.1, -0.05) is 12.1 Å². The fourth-order valence-electron chi connectivity index (χ4n) is 1.84. The lowest BCUT2D eigenvalue weighted by atomic mass is 9.98. The van der Waals surface area contributed by atoms with Crippen LogP contribution in [0.15, 0.2) is 18.2 Å². The number of nitrogens with one attached hydrogen (secondary N) is 2. The monoisotopic (exact) mass is 178 g/mol. The van der Waals surface area contributed by atoms with Crippen molar-refractivity contribution in [3.8, 4) is 5.75 Å².